The maximum Gasteiger partial charge on any atom is 0.339 e. The van der Waals surface area contributed by atoms with Crippen molar-refractivity contribution in [2.75, 3.05) is 7.11 Å². The van der Waals surface area contributed by atoms with Gasteiger partial charge in [-0.25, -0.2) is 4.79 Å². The number of aromatic nitrogens is 1. The van der Waals surface area contributed by atoms with Gasteiger partial charge < -0.3 is 9.94 Å². The Morgan fingerprint density at radius 1 is 1.64 bits per heavy atom. The number of ether oxygens (including phenoxy) is 1. The lowest BCUT2D eigenvalue weighted by Gasteiger charge is -1.99. The number of hydrogen-bond donors (Lipinski definition) is 1. The van der Waals surface area contributed by atoms with Crippen molar-refractivity contribution < 1.29 is 14.7 Å². The van der Waals surface area contributed by atoms with Gasteiger partial charge in [-0.15, -0.1) is 0 Å². The van der Waals surface area contributed by atoms with E-state index in [1.807, 2.05) is 0 Å². The predicted octanol–water partition coefficient (Wildman–Crippen LogP) is 1.24. The van der Waals surface area contributed by atoms with Crippen LogP contribution in [0.25, 0.3) is 0 Å². The first-order valence-corrected chi connectivity index (χ1v) is 3.99. The molecule has 74 valence electrons. The van der Waals surface area contributed by atoms with Gasteiger partial charge >= 0.3 is 5.97 Å². The zero-order valence-corrected chi connectivity index (χ0v) is 8.02. The maximum absolute atomic E-state index is 11.0. The Labute approximate surface area is 85.0 Å². The molecule has 0 aliphatic rings. The van der Waals surface area contributed by atoms with Gasteiger partial charge in [0.1, 0.15) is 5.69 Å². The molecule has 6 heteroatoms. The van der Waals surface area contributed by atoms with Crippen molar-refractivity contribution in [1.29, 1.82) is 0 Å². The second-order valence-electron chi connectivity index (χ2n) is 2.31. The van der Waals surface area contributed by atoms with Crippen molar-refractivity contribution in [3.8, 4) is 0 Å². The molecule has 0 fully saturated rings. The zero-order chi connectivity index (χ0) is 10.6. The van der Waals surface area contributed by atoms with Crippen molar-refractivity contribution in [1.82, 2.24) is 4.98 Å². The lowest BCUT2D eigenvalue weighted by Crippen LogP contribution is -2.03. The van der Waals surface area contributed by atoms with Gasteiger partial charge in [0.25, 0.3) is 0 Å². The minimum Gasteiger partial charge on any atom is -0.465 e. The first-order chi connectivity index (χ1) is 6.69. The number of oxime groups is 1. The average molecular weight is 215 g/mol. The minimum absolute atomic E-state index is 0.138. The van der Waals surface area contributed by atoms with Crippen molar-refractivity contribution >= 4 is 22.7 Å². The number of methoxy groups -OCH3 is 1. The second kappa shape index (κ2) is 4.57. The Hall–Kier alpha value is -1.62. The molecule has 0 spiro atoms. The molecule has 0 unspecified atom stereocenters. The molecule has 1 aromatic heterocycles. The monoisotopic (exact) mass is 214 g/mol. The molecule has 0 aliphatic carbocycles. The molecule has 0 bridgehead atoms. The van der Waals surface area contributed by atoms with Gasteiger partial charge in [0.2, 0.25) is 0 Å². The van der Waals surface area contributed by atoms with Crippen LogP contribution in [-0.4, -0.2) is 28.4 Å². The van der Waals surface area contributed by atoms with Gasteiger partial charge in [-0.2, -0.15) is 0 Å². The minimum atomic E-state index is -0.485. The first kappa shape index (κ1) is 10.5. The zero-order valence-electron chi connectivity index (χ0n) is 7.27. The smallest absolute Gasteiger partial charge is 0.339 e. The third kappa shape index (κ3) is 2.20. The molecular weight excluding hydrogens is 208 g/mol. The number of rotatable bonds is 2. The molecule has 0 amide bonds. The maximum atomic E-state index is 11.0. The van der Waals surface area contributed by atoms with Gasteiger partial charge in [-0.05, 0) is 12.1 Å². The van der Waals surface area contributed by atoms with Crippen LogP contribution in [-0.2, 0) is 4.74 Å². The molecule has 1 heterocycles. The summed E-state index contributed by atoms with van der Waals surface area (Å²) in [4.78, 5) is 14.8. The summed E-state index contributed by atoms with van der Waals surface area (Å²) in [7, 11) is 1.28. The summed E-state index contributed by atoms with van der Waals surface area (Å²) in [6.07, 6.45) is 1.29. The van der Waals surface area contributed by atoms with Crippen molar-refractivity contribution in [2.45, 2.75) is 0 Å². The predicted molar refractivity (Wildman–Crippen MR) is 49.8 cm³/mol. The van der Waals surface area contributed by atoms with E-state index in [1.54, 1.807) is 0 Å². The average Bonchev–Trinajstić information content (AvgIpc) is 2.27. The number of hydrogen-bond acceptors (Lipinski definition) is 5. The van der Waals surface area contributed by atoms with Gasteiger partial charge in [0.05, 0.1) is 12.7 Å². The molecular formula is C8H7ClN2O3. The molecule has 0 saturated carbocycles. The molecule has 5 nitrogen and oxygen atoms in total. The quantitative estimate of drug-likeness (QED) is 0.348. The number of pyridine rings is 1. The summed E-state index contributed by atoms with van der Waals surface area (Å²) >= 11 is 5.48. The highest BCUT2D eigenvalue weighted by Gasteiger charge is 2.07. The van der Waals surface area contributed by atoms with Crippen LogP contribution in [0.5, 0.6) is 0 Å². The lowest BCUT2D eigenvalue weighted by molar-refractivity contribution is 0.0600. The van der Waals surface area contributed by atoms with Crippen LogP contribution in [0, 0.1) is 0 Å². The van der Waals surface area contributed by atoms with E-state index >= 15 is 0 Å². The molecule has 1 aromatic rings. The molecule has 0 saturated heterocycles. The molecule has 0 aliphatic heterocycles. The largest absolute Gasteiger partial charge is 0.465 e. The van der Waals surface area contributed by atoms with E-state index in [2.05, 4.69) is 14.9 Å². The van der Waals surface area contributed by atoms with Crippen molar-refractivity contribution in [3.63, 3.8) is 0 Å². The van der Waals surface area contributed by atoms with Crippen LogP contribution in [0.2, 0.25) is 0 Å². The van der Waals surface area contributed by atoms with Gasteiger partial charge in [0, 0.05) is 6.20 Å². The number of carbonyl (C=O) groups is 1. The van der Waals surface area contributed by atoms with E-state index < -0.39 is 5.97 Å². The van der Waals surface area contributed by atoms with Gasteiger partial charge in [-0.3, -0.25) is 4.98 Å². The summed E-state index contributed by atoms with van der Waals surface area (Å²) < 4.78 is 4.47. The SMILES string of the molecule is COC(=O)c1ccc(/C(Cl)=N\O)nc1. The van der Waals surface area contributed by atoms with E-state index in [0.717, 1.165) is 0 Å². The van der Waals surface area contributed by atoms with E-state index in [4.69, 9.17) is 16.8 Å². The Morgan fingerprint density at radius 2 is 2.36 bits per heavy atom. The van der Waals surface area contributed by atoms with Crippen LogP contribution in [0.4, 0.5) is 0 Å². The Balaban J connectivity index is 2.95. The van der Waals surface area contributed by atoms with E-state index in [1.165, 1.54) is 25.4 Å². The first-order valence-electron chi connectivity index (χ1n) is 3.61. The fourth-order valence-corrected chi connectivity index (χ4v) is 0.918. The number of nitrogens with zero attached hydrogens (tertiary/aromatic N) is 2. The molecule has 14 heavy (non-hydrogen) atoms. The van der Waals surface area contributed by atoms with E-state index in [9.17, 15) is 4.79 Å². The summed E-state index contributed by atoms with van der Waals surface area (Å²) in [5, 5.41) is 11.0. The van der Waals surface area contributed by atoms with E-state index in [-0.39, 0.29) is 10.9 Å². The highest BCUT2D eigenvalue weighted by Crippen LogP contribution is 2.05. The Kier molecular flexibility index (Phi) is 3.41. The summed E-state index contributed by atoms with van der Waals surface area (Å²) in [6, 6.07) is 2.93. The number of halogens is 1. The highest BCUT2D eigenvalue weighted by atomic mass is 35.5. The normalized spacial score (nSPS) is 11.1. The molecule has 1 N–H and O–H groups in total. The summed E-state index contributed by atoms with van der Waals surface area (Å²) in [5.74, 6) is -0.485. The third-order valence-corrected chi connectivity index (χ3v) is 1.75. The number of carbonyl (C=O) groups excluding carboxylic acids is 1. The Bertz CT molecular complexity index is 361. The standard InChI is InChI=1S/C8H7ClN2O3/c1-14-8(12)5-2-3-6(10-4-5)7(9)11-13/h2-4,13H,1H3/b11-7+. The second-order valence-corrected chi connectivity index (χ2v) is 2.67. The topological polar surface area (TPSA) is 71.8 Å². The highest BCUT2D eigenvalue weighted by molar-refractivity contribution is 6.69. The molecule has 1 rings (SSSR count). The van der Waals surface area contributed by atoms with Gasteiger partial charge in [-0.1, -0.05) is 16.8 Å². The van der Waals surface area contributed by atoms with Crippen LogP contribution in [0.3, 0.4) is 0 Å². The molecule has 0 radical (unpaired) electrons. The fourth-order valence-electron chi connectivity index (χ4n) is 0.806. The van der Waals surface area contributed by atoms with Crippen molar-refractivity contribution in [2.24, 2.45) is 5.16 Å². The Morgan fingerprint density at radius 3 is 2.79 bits per heavy atom. The fraction of sp³-hybridized carbons (Fsp3) is 0.125. The summed E-state index contributed by atoms with van der Waals surface area (Å²) in [5.41, 5.74) is 0.584. The third-order valence-electron chi connectivity index (χ3n) is 1.48. The van der Waals surface area contributed by atoms with Crippen LogP contribution in [0.15, 0.2) is 23.5 Å². The van der Waals surface area contributed by atoms with E-state index in [0.29, 0.717) is 5.56 Å². The molecule has 0 atom stereocenters. The summed E-state index contributed by atoms with van der Waals surface area (Å²) in [6.45, 7) is 0. The van der Waals surface area contributed by atoms with Crippen molar-refractivity contribution in [3.05, 3.63) is 29.6 Å². The van der Waals surface area contributed by atoms with Crippen LogP contribution < -0.4 is 0 Å². The number of esters is 1. The van der Waals surface area contributed by atoms with Gasteiger partial charge in [0.15, 0.2) is 5.17 Å². The van der Waals surface area contributed by atoms with Crippen LogP contribution >= 0.6 is 11.6 Å². The molecule has 0 aromatic carbocycles. The van der Waals surface area contributed by atoms with Crippen LogP contribution in [0.1, 0.15) is 16.1 Å². The lowest BCUT2D eigenvalue weighted by atomic mass is 10.2.